The summed E-state index contributed by atoms with van der Waals surface area (Å²) in [4.78, 5) is 14.1. The number of Topliss-reactive ketones (excluding diaryl/α,β-unsaturated/α-hetero) is 1. The predicted octanol–water partition coefficient (Wildman–Crippen LogP) is 1.87. The standard InChI is InChI=1S/C14H16FNO2/c15-13-4-2-1-3-12(13)14(17)9-16-7-10-5-6-11(8-16)18-10/h1-4,10-11H,5-9H2. The molecule has 4 heteroatoms. The summed E-state index contributed by atoms with van der Waals surface area (Å²) in [6.07, 6.45) is 2.68. The van der Waals surface area contributed by atoms with Crippen molar-refractivity contribution < 1.29 is 13.9 Å². The molecule has 2 atom stereocenters. The van der Waals surface area contributed by atoms with Crippen LogP contribution in [0.2, 0.25) is 0 Å². The van der Waals surface area contributed by atoms with Crippen LogP contribution >= 0.6 is 0 Å². The van der Waals surface area contributed by atoms with Crippen LogP contribution in [0, 0.1) is 5.82 Å². The van der Waals surface area contributed by atoms with Gasteiger partial charge in [0.2, 0.25) is 0 Å². The summed E-state index contributed by atoms with van der Waals surface area (Å²) >= 11 is 0. The molecule has 0 N–H and O–H groups in total. The van der Waals surface area contributed by atoms with E-state index in [1.54, 1.807) is 18.2 Å². The number of morpholine rings is 1. The molecule has 2 bridgehead atoms. The van der Waals surface area contributed by atoms with E-state index >= 15 is 0 Å². The van der Waals surface area contributed by atoms with E-state index in [1.165, 1.54) is 6.07 Å². The van der Waals surface area contributed by atoms with E-state index in [4.69, 9.17) is 4.74 Å². The molecular formula is C14H16FNO2. The summed E-state index contributed by atoms with van der Waals surface area (Å²) in [5, 5.41) is 0. The topological polar surface area (TPSA) is 29.5 Å². The maximum absolute atomic E-state index is 13.5. The highest BCUT2D eigenvalue weighted by atomic mass is 19.1. The minimum absolute atomic E-state index is 0.144. The SMILES string of the molecule is O=C(CN1CC2CCC(C1)O2)c1ccccc1F. The van der Waals surface area contributed by atoms with Gasteiger partial charge in [0.1, 0.15) is 5.82 Å². The molecule has 2 fully saturated rings. The van der Waals surface area contributed by atoms with E-state index < -0.39 is 5.82 Å². The highest BCUT2D eigenvalue weighted by Gasteiger charge is 2.34. The smallest absolute Gasteiger partial charge is 0.179 e. The Morgan fingerprint density at radius 2 is 1.94 bits per heavy atom. The molecule has 0 saturated carbocycles. The number of halogens is 1. The Balaban J connectivity index is 1.66. The molecule has 1 aromatic rings. The number of benzene rings is 1. The summed E-state index contributed by atoms with van der Waals surface area (Å²) in [5.41, 5.74) is 0.191. The van der Waals surface area contributed by atoms with E-state index in [-0.39, 0.29) is 30.1 Å². The van der Waals surface area contributed by atoms with Gasteiger partial charge in [0, 0.05) is 13.1 Å². The molecule has 2 saturated heterocycles. The second-order valence-corrected chi connectivity index (χ2v) is 5.05. The maximum Gasteiger partial charge on any atom is 0.179 e. The van der Waals surface area contributed by atoms with Crippen LogP contribution < -0.4 is 0 Å². The monoisotopic (exact) mass is 249 g/mol. The van der Waals surface area contributed by atoms with Gasteiger partial charge >= 0.3 is 0 Å². The van der Waals surface area contributed by atoms with Crippen LogP contribution in [0.25, 0.3) is 0 Å². The van der Waals surface area contributed by atoms with Crippen molar-refractivity contribution in [2.45, 2.75) is 25.0 Å². The molecule has 0 amide bonds. The van der Waals surface area contributed by atoms with Gasteiger partial charge in [0.15, 0.2) is 5.78 Å². The molecule has 0 radical (unpaired) electrons. The Bertz CT molecular complexity index is 451. The second kappa shape index (κ2) is 4.78. The first-order chi connectivity index (χ1) is 8.72. The summed E-state index contributed by atoms with van der Waals surface area (Å²) in [5.74, 6) is -0.576. The Morgan fingerprint density at radius 1 is 1.28 bits per heavy atom. The molecule has 2 aliphatic rings. The first-order valence-electron chi connectivity index (χ1n) is 6.38. The van der Waals surface area contributed by atoms with E-state index in [0.29, 0.717) is 0 Å². The molecule has 3 rings (SSSR count). The highest BCUT2D eigenvalue weighted by molar-refractivity contribution is 5.97. The third-order valence-corrected chi connectivity index (χ3v) is 3.66. The number of hydrogen-bond acceptors (Lipinski definition) is 3. The Labute approximate surface area is 106 Å². The zero-order valence-electron chi connectivity index (χ0n) is 10.1. The normalized spacial score (nSPS) is 27.4. The van der Waals surface area contributed by atoms with E-state index in [0.717, 1.165) is 25.9 Å². The minimum Gasteiger partial charge on any atom is -0.372 e. The van der Waals surface area contributed by atoms with E-state index in [2.05, 4.69) is 4.90 Å². The number of ether oxygens (including phenoxy) is 1. The maximum atomic E-state index is 13.5. The zero-order chi connectivity index (χ0) is 12.5. The van der Waals surface area contributed by atoms with Gasteiger partial charge in [-0.15, -0.1) is 0 Å². The quantitative estimate of drug-likeness (QED) is 0.766. The first kappa shape index (κ1) is 11.8. The molecule has 0 spiro atoms. The third kappa shape index (κ3) is 2.31. The van der Waals surface area contributed by atoms with Gasteiger partial charge in [-0.3, -0.25) is 9.69 Å². The Morgan fingerprint density at radius 3 is 2.61 bits per heavy atom. The largest absolute Gasteiger partial charge is 0.372 e. The summed E-state index contributed by atoms with van der Waals surface area (Å²) in [6, 6.07) is 6.17. The summed E-state index contributed by atoms with van der Waals surface area (Å²) in [6.45, 7) is 1.87. The Hall–Kier alpha value is -1.26. The zero-order valence-corrected chi connectivity index (χ0v) is 10.1. The van der Waals surface area contributed by atoms with Crippen molar-refractivity contribution in [2.24, 2.45) is 0 Å². The van der Waals surface area contributed by atoms with E-state index in [1.807, 2.05) is 0 Å². The van der Waals surface area contributed by atoms with Crippen molar-refractivity contribution in [1.82, 2.24) is 4.90 Å². The number of hydrogen-bond donors (Lipinski definition) is 0. The number of fused-ring (bicyclic) bond motifs is 2. The fourth-order valence-electron chi connectivity index (χ4n) is 2.80. The van der Waals surface area contributed by atoms with Crippen LogP contribution in [0.15, 0.2) is 24.3 Å². The number of likely N-dealkylation sites (tertiary alicyclic amines) is 1. The van der Waals surface area contributed by atoms with Crippen molar-refractivity contribution in [3.05, 3.63) is 35.6 Å². The molecule has 0 aromatic heterocycles. The van der Waals surface area contributed by atoms with Crippen molar-refractivity contribution in [3.63, 3.8) is 0 Å². The number of carbonyl (C=O) groups excluding carboxylic acids is 1. The lowest BCUT2D eigenvalue weighted by Gasteiger charge is -2.31. The van der Waals surface area contributed by atoms with Crippen molar-refractivity contribution in [3.8, 4) is 0 Å². The number of nitrogens with zero attached hydrogens (tertiary/aromatic N) is 1. The molecule has 3 nitrogen and oxygen atoms in total. The van der Waals surface area contributed by atoms with Crippen LogP contribution in [0.3, 0.4) is 0 Å². The first-order valence-corrected chi connectivity index (χ1v) is 6.38. The van der Waals surface area contributed by atoms with Crippen LogP contribution in [0.1, 0.15) is 23.2 Å². The molecule has 2 unspecified atom stereocenters. The van der Waals surface area contributed by atoms with Gasteiger partial charge in [-0.05, 0) is 25.0 Å². The average Bonchev–Trinajstić information content (AvgIpc) is 2.69. The van der Waals surface area contributed by atoms with Gasteiger partial charge in [0.05, 0.1) is 24.3 Å². The average molecular weight is 249 g/mol. The fourth-order valence-corrected chi connectivity index (χ4v) is 2.80. The molecule has 18 heavy (non-hydrogen) atoms. The highest BCUT2D eigenvalue weighted by Crippen LogP contribution is 2.26. The number of carbonyl (C=O) groups is 1. The molecule has 0 aliphatic carbocycles. The number of rotatable bonds is 3. The van der Waals surface area contributed by atoms with Gasteiger partial charge in [-0.1, -0.05) is 12.1 Å². The Kier molecular flexibility index (Phi) is 3.14. The van der Waals surface area contributed by atoms with Gasteiger partial charge < -0.3 is 4.74 Å². The lowest BCUT2D eigenvalue weighted by molar-refractivity contribution is -0.0355. The van der Waals surface area contributed by atoms with Gasteiger partial charge in [0.25, 0.3) is 0 Å². The molecule has 96 valence electrons. The molecule has 2 aliphatic heterocycles. The van der Waals surface area contributed by atoms with Crippen LogP contribution in [-0.4, -0.2) is 42.5 Å². The minimum atomic E-state index is -0.432. The van der Waals surface area contributed by atoms with Crippen molar-refractivity contribution >= 4 is 5.78 Å². The molecule has 2 heterocycles. The predicted molar refractivity (Wildman–Crippen MR) is 65.1 cm³/mol. The van der Waals surface area contributed by atoms with Crippen molar-refractivity contribution in [2.75, 3.05) is 19.6 Å². The summed E-state index contributed by atoms with van der Waals surface area (Å²) < 4.78 is 19.2. The molecular weight excluding hydrogens is 233 g/mol. The summed E-state index contributed by atoms with van der Waals surface area (Å²) in [7, 11) is 0. The van der Waals surface area contributed by atoms with Crippen LogP contribution in [0.5, 0.6) is 0 Å². The van der Waals surface area contributed by atoms with Crippen LogP contribution in [-0.2, 0) is 4.74 Å². The number of ketones is 1. The molecule has 1 aromatic carbocycles. The van der Waals surface area contributed by atoms with Gasteiger partial charge in [-0.2, -0.15) is 0 Å². The third-order valence-electron chi connectivity index (χ3n) is 3.66. The fraction of sp³-hybridized carbons (Fsp3) is 0.500. The lowest BCUT2D eigenvalue weighted by Crippen LogP contribution is -2.44. The van der Waals surface area contributed by atoms with Crippen molar-refractivity contribution in [1.29, 1.82) is 0 Å². The van der Waals surface area contributed by atoms with E-state index in [9.17, 15) is 9.18 Å². The van der Waals surface area contributed by atoms with Gasteiger partial charge in [-0.25, -0.2) is 4.39 Å². The lowest BCUT2D eigenvalue weighted by atomic mass is 10.1. The van der Waals surface area contributed by atoms with Crippen LogP contribution in [0.4, 0.5) is 4.39 Å². The second-order valence-electron chi connectivity index (χ2n) is 5.05.